The highest BCUT2D eigenvalue weighted by molar-refractivity contribution is 5.80. The van der Waals surface area contributed by atoms with E-state index in [1.54, 1.807) is 0 Å². The van der Waals surface area contributed by atoms with Crippen LogP contribution >= 0.6 is 0 Å². The average Bonchev–Trinajstić information content (AvgIpc) is 2.29. The topological polar surface area (TPSA) is 70.2 Å². The standard InChI is InChI=1S/C12H23N3O2/c1-3-13-11(16)5-7-15-12(17)10-4-6-14-9(2)8-10/h9-10,14H,3-8H2,1-2H3,(H,13,16)(H,15,17). The van der Waals surface area contributed by atoms with Crippen molar-refractivity contribution in [3.8, 4) is 0 Å². The van der Waals surface area contributed by atoms with Gasteiger partial charge in [0.1, 0.15) is 0 Å². The number of piperidine rings is 1. The van der Waals surface area contributed by atoms with Gasteiger partial charge in [-0.25, -0.2) is 0 Å². The summed E-state index contributed by atoms with van der Waals surface area (Å²) in [6, 6.07) is 0.405. The van der Waals surface area contributed by atoms with Gasteiger partial charge in [0.05, 0.1) is 0 Å². The minimum Gasteiger partial charge on any atom is -0.356 e. The van der Waals surface area contributed by atoms with E-state index in [1.807, 2.05) is 6.92 Å². The molecule has 17 heavy (non-hydrogen) atoms. The zero-order valence-electron chi connectivity index (χ0n) is 10.7. The molecule has 0 spiro atoms. The summed E-state index contributed by atoms with van der Waals surface area (Å²) in [4.78, 5) is 23.0. The van der Waals surface area contributed by atoms with Crippen molar-refractivity contribution in [3.63, 3.8) is 0 Å². The third-order valence-electron chi connectivity index (χ3n) is 3.02. The summed E-state index contributed by atoms with van der Waals surface area (Å²) < 4.78 is 0. The highest BCUT2D eigenvalue weighted by Gasteiger charge is 2.24. The SMILES string of the molecule is CCNC(=O)CCNC(=O)C1CCNC(C)C1. The molecule has 1 fully saturated rings. The molecular formula is C12H23N3O2. The summed E-state index contributed by atoms with van der Waals surface area (Å²) in [5, 5.41) is 8.85. The van der Waals surface area contributed by atoms with E-state index in [-0.39, 0.29) is 17.7 Å². The molecule has 2 atom stereocenters. The van der Waals surface area contributed by atoms with Crippen LogP contribution in [0, 0.1) is 5.92 Å². The van der Waals surface area contributed by atoms with E-state index in [0.29, 0.717) is 25.6 Å². The van der Waals surface area contributed by atoms with Gasteiger partial charge in [-0.05, 0) is 33.2 Å². The predicted molar refractivity (Wildman–Crippen MR) is 66.5 cm³/mol. The molecule has 2 amide bonds. The second kappa shape index (κ2) is 7.27. The first-order chi connectivity index (χ1) is 8.13. The molecule has 0 saturated carbocycles. The van der Waals surface area contributed by atoms with E-state index >= 15 is 0 Å². The maximum atomic E-state index is 11.8. The minimum absolute atomic E-state index is 0.00789. The van der Waals surface area contributed by atoms with Crippen LogP contribution in [0.3, 0.4) is 0 Å². The van der Waals surface area contributed by atoms with Gasteiger partial charge in [-0.1, -0.05) is 0 Å². The normalized spacial score (nSPS) is 24.1. The molecule has 3 N–H and O–H groups in total. The number of nitrogens with one attached hydrogen (secondary N) is 3. The number of hydrogen-bond donors (Lipinski definition) is 3. The van der Waals surface area contributed by atoms with Crippen molar-refractivity contribution in [1.29, 1.82) is 0 Å². The minimum atomic E-state index is -0.00789. The van der Waals surface area contributed by atoms with Crippen LogP contribution < -0.4 is 16.0 Å². The maximum Gasteiger partial charge on any atom is 0.223 e. The third-order valence-corrected chi connectivity index (χ3v) is 3.02. The van der Waals surface area contributed by atoms with Gasteiger partial charge in [-0.15, -0.1) is 0 Å². The van der Waals surface area contributed by atoms with Crippen LogP contribution in [0.4, 0.5) is 0 Å². The van der Waals surface area contributed by atoms with Crippen molar-refractivity contribution >= 4 is 11.8 Å². The molecule has 0 bridgehead atoms. The fourth-order valence-corrected chi connectivity index (χ4v) is 2.10. The van der Waals surface area contributed by atoms with Crippen molar-refractivity contribution in [2.24, 2.45) is 5.92 Å². The molecule has 0 aromatic heterocycles. The molecule has 1 rings (SSSR count). The van der Waals surface area contributed by atoms with Crippen molar-refractivity contribution in [3.05, 3.63) is 0 Å². The summed E-state index contributed by atoms with van der Waals surface area (Å²) in [5.74, 6) is 0.176. The first-order valence-electron chi connectivity index (χ1n) is 6.41. The van der Waals surface area contributed by atoms with Crippen molar-refractivity contribution in [2.45, 2.75) is 39.2 Å². The molecule has 1 heterocycles. The molecule has 98 valence electrons. The zero-order valence-corrected chi connectivity index (χ0v) is 10.7. The second-order valence-electron chi connectivity index (χ2n) is 4.57. The lowest BCUT2D eigenvalue weighted by molar-refractivity contribution is -0.126. The van der Waals surface area contributed by atoms with Crippen LogP contribution in [0.15, 0.2) is 0 Å². The van der Waals surface area contributed by atoms with Gasteiger partial charge in [-0.3, -0.25) is 9.59 Å². The average molecular weight is 241 g/mol. The van der Waals surface area contributed by atoms with Crippen molar-refractivity contribution in [1.82, 2.24) is 16.0 Å². The molecule has 5 heteroatoms. The molecule has 0 aromatic carbocycles. The van der Waals surface area contributed by atoms with E-state index in [9.17, 15) is 9.59 Å². The summed E-state index contributed by atoms with van der Waals surface area (Å²) in [5.41, 5.74) is 0. The van der Waals surface area contributed by atoms with Crippen LogP contribution in [-0.2, 0) is 9.59 Å². The fourth-order valence-electron chi connectivity index (χ4n) is 2.10. The van der Waals surface area contributed by atoms with Gasteiger partial charge in [0.2, 0.25) is 11.8 Å². The molecule has 0 aliphatic carbocycles. The first kappa shape index (κ1) is 14.0. The number of amides is 2. The summed E-state index contributed by atoms with van der Waals surface area (Å²) in [6.07, 6.45) is 2.13. The van der Waals surface area contributed by atoms with E-state index in [2.05, 4.69) is 22.9 Å². The fraction of sp³-hybridized carbons (Fsp3) is 0.833. The molecule has 1 aliphatic rings. The van der Waals surface area contributed by atoms with Crippen LogP contribution in [0.1, 0.15) is 33.1 Å². The molecular weight excluding hydrogens is 218 g/mol. The van der Waals surface area contributed by atoms with Gasteiger partial charge in [0.25, 0.3) is 0 Å². The second-order valence-corrected chi connectivity index (χ2v) is 4.57. The highest BCUT2D eigenvalue weighted by atomic mass is 16.2. The summed E-state index contributed by atoms with van der Waals surface area (Å²) in [6.45, 7) is 5.94. The Bertz CT molecular complexity index is 268. The summed E-state index contributed by atoms with van der Waals surface area (Å²) in [7, 11) is 0. The monoisotopic (exact) mass is 241 g/mol. The Morgan fingerprint density at radius 3 is 2.76 bits per heavy atom. The van der Waals surface area contributed by atoms with Gasteiger partial charge in [0, 0.05) is 31.5 Å². The van der Waals surface area contributed by atoms with Gasteiger partial charge < -0.3 is 16.0 Å². The Morgan fingerprint density at radius 1 is 1.35 bits per heavy atom. The molecule has 1 aliphatic heterocycles. The van der Waals surface area contributed by atoms with E-state index in [4.69, 9.17) is 0 Å². The van der Waals surface area contributed by atoms with Crippen molar-refractivity contribution in [2.75, 3.05) is 19.6 Å². The number of carbonyl (C=O) groups is 2. The Hall–Kier alpha value is -1.10. The Labute approximate surface area is 103 Å². The van der Waals surface area contributed by atoms with Gasteiger partial charge in [0.15, 0.2) is 0 Å². The lowest BCUT2D eigenvalue weighted by atomic mass is 9.92. The number of rotatable bonds is 5. The number of hydrogen-bond acceptors (Lipinski definition) is 3. The molecule has 1 saturated heterocycles. The predicted octanol–water partition coefficient (Wildman–Crippen LogP) is 0.0169. The van der Waals surface area contributed by atoms with Crippen molar-refractivity contribution < 1.29 is 9.59 Å². The lowest BCUT2D eigenvalue weighted by Gasteiger charge is -2.27. The Morgan fingerprint density at radius 2 is 2.12 bits per heavy atom. The van der Waals surface area contributed by atoms with E-state index in [0.717, 1.165) is 19.4 Å². The quantitative estimate of drug-likeness (QED) is 0.635. The lowest BCUT2D eigenvalue weighted by Crippen LogP contribution is -2.43. The van der Waals surface area contributed by atoms with Gasteiger partial charge in [-0.2, -0.15) is 0 Å². The first-order valence-corrected chi connectivity index (χ1v) is 6.41. The van der Waals surface area contributed by atoms with Crippen LogP contribution in [0.25, 0.3) is 0 Å². The molecule has 5 nitrogen and oxygen atoms in total. The summed E-state index contributed by atoms with van der Waals surface area (Å²) >= 11 is 0. The number of carbonyl (C=O) groups excluding carboxylic acids is 2. The molecule has 0 aromatic rings. The highest BCUT2D eigenvalue weighted by Crippen LogP contribution is 2.15. The molecule has 2 unspecified atom stereocenters. The van der Waals surface area contributed by atoms with Crippen LogP contribution in [0.5, 0.6) is 0 Å². The van der Waals surface area contributed by atoms with Crippen LogP contribution in [0.2, 0.25) is 0 Å². The Kier molecular flexibility index (Phi) is 5.97. The smallest absolute Gasteiger partial charge is 0.223 e. The Balaban J connectivity index is 2.18. The maximum absolute atomic E-state index is 11.8. The van der Waals surface area contributed by atoms with Gasteiger partial charge >= 0.3 is 0 Å². The third kappa shape index (κ3) is 5.17. The zero-order chi connectivity index (χ0) is 12.7. The van der Waals surface area contributed by atoms with Crippen LogP contribution in [-0.4, -0.2) is 37.5 Å². The van der Waals surface area contributed by atoms with E-state index in [1.165, 1.54) is 0 Å². The largest absolute Gasteiger partial charge is 0.356 e. The van der Waals surface area contributed by atoms with E-state index < -0.39 is 0 Å². The molecule has 0 radical (unpaired) electrons.